The van der Waals surface area contributed by atoms with Gasteiger partial charge in [0, 0.05) is 0 Å². The van der Waals surface area contributed by atoms with Gasteiger partial charge in [0.1, 0.15) is 0 Å². The predicted molar refractivity (Wildman–Crippen MR) is 55.5 cm³/mol. The summed E-state index contributed by atoms with van der Waals surface area (Å²) in [6.45, 7) is 0. The molecule has 0 heterocycles. The maximum Gasteiger partial charge on any atom is 0.483 e. The summed E-state index contributed by atoms with van der Waals surface area (Å²) in [4.78, 5) is 0. The molecule has 0 aliphatic heterocycles. The minimum absolute atomic E-state index is 1.25. The largest absolute Gasteiger partial charge is 0.483 e. The van der Waals surface area contributed by atoms with E-state index in [1.807, 2.05) is 0 Å². The van der Waals surface area contributed by atoms with Crippen molar-refractivity contribution in [3.8, 4) is 0 Å². The van der Waals surface area contributed by atoms with Crippen molar-refractivity contribution in [2.45, 2.75) is 48.1 Å². The van der Waals surface area contributed by atoms with Gasteiger partial charge in [-0.15, -0.1) is 0 Å². The maximum absolute atomic E-state index is 12.9. The summed E-state index contributed by atoms with van der Waals surface area (Å²) in [7, 11) is -7.48. The molecule has 194 valence electrons. The van der Waals surface area contributed by atoms with Crippen LogP contribution >= 0.6 is 0 Å². The fourth-order valence-corrected chi connectivity index (χ4v) is 1.33. The molecule has 0 aliphatic carbocycles. The van der Waals surface area contributed by atoms with Crippen LogP contribution in [-0.2, 0) is 24.3 Å². The Labute approximate surface area is 161 Å². The van der Waals surface area contributed by atoms with Crippen molar-refractivity contribution in [2.24, 2.45) is 0 Å². The quantitative estimate of drug-likeness (QED) is 0.317. The van der Waals surface area contributed by atoms with Crippen LogP contribution in [0.4, 0.5) is 74.6 Å². The van der Waals surface area contributed by atoms with Crippen LogP contribution in [0.1, 0.15) is 0 Å². The van der Waals surface area contributed by atoms with E-state index in [0.717, 1.165) is 0 Å². The average molecular weight is 548 g/mol. The van der Waals surface area contributed by atoms with E-state index in [4.69, 9.17) is 4.55 Å². The fourth-order valence-electron chi connectivity index (χ4n) is 0.988. The van der Waals surface area contributed by atoms with Gasteiger partial charge in [0.15, 0.2) is 0 Å². The van der Waals surface area contributed by atoms with Gasteiger partial charge in [0.25, 0.3) is 0 Å². The lowest BCUT2D eigenvalue weighted by Crippen LogP contribution is -2.60. The van der Waals surface area contributed by atoms with E-state index in [9.17, 15) is 83.1 Å². The minimum atomic E-state index is -7.74. The van der Waals surface area contributed by atoms with Crippen molar-refractivity contribution in [1.82, 2.24) is 0 Å². The van der Waals surface area contributed by atoms with Gasteiger partial charge in [-0.1, -0.05) is 0 Å². The topological polar surface area (TPSA) is 82.1 Å². The number of ether oxygens (including phenoxy) is 3. The second kappa shape index (κ2) is 7.83. The first-order valence-corrected chi connectivity index (χ1v) is 7.60. The second-order valence-electron chi connectivity index (χ2n) is 4.90. The SMILES string of the molecule is O=S(=O)(O)C(F)(F)C(F)(F)OC(F)(F)C(F)(F)OC(F)(F)C(F)(F)OC(F)(F)C(F)(F)F. The third kappa shape index (κ3) is 5.74. The molecule has 1 N–H and O–H groups in total. The highest BCUT2D eigenvalue weighted by molar-refractivity contribution is 7.86. The monoisotopic (exact) mass is 548 g/mol. The van der Waals surface area contributed by atoms with E-state index >= 15 is 0 Å². The minimum Gasteiger partial charge on any atom is -0.281 e. The van der Waals surface area contributed by atoms with Gasteiger partial charge in [-0.25, -0.2) is 14.2 Å². The molecule has 0 saturated heterocycles. The first-order valence-electron chi connectivity index (χ1n) is 6.16. The molecule has 0 fully saturated rings. The van der Waals surface area contributed by atoms with Crippen molar-refractivity contribution >= 4 is 10.1 Å². The molecule has 0 amide bonds. The van der Waals surface area contributed by atoms with Crippen molar-refractivity contribution in [2.75, 3.05) is 0 Å². The maximum atomic E-state index is 12.9. The van der Waals surface area contributed by atoms with Crippen molar-refractivity contribution in [1.29, 1.82) is 0 Å². The first-order chi connectivity index (χ1) is 13.4. The summed E-state index contributed by atoms with van der Waals surface area (Å²) >= 11 is 0. The van der Waals surface area contributed by atoms with E-state index < -0.39 is 58.2 Å². The lowest BCUT2D eigenvalue weighted by atomic mass is 10.5. The van der Waals surface area contributed by atoms with E-state index in [-0.39, 0.29) is 0 Å². The van der Waals surface area contributed by atoms with Gasteiger partial charge >= 0.3 is 58.2 Å². The van der Waals surface area contributed by atoms with Crippen LogP contribution < -0.4 is 0 Å². The van der Waals surface area contributed by atoms with Crippen LogP contribution in [-0.4, -0.2) is 61.1 Å². The molecule has 0 rings (SSSR count). The van der Waals surface area contributed by atoms with Crippen LogP contribution in [0.3, 0.4) is 0 Å². The first kappa shape index (κ1) is 30.6. The van der Waals surface area contributed by atoms with Crippen LogP contribution in [0.15, 0.2) is 0 Å². The van der Waals surface area contributed by atoms with Crippen molar-refractivity contribution in [3.05, 3.63) is 0 Å². The van der Waals surface area contributed by atoms with E-state index in [1.54, 1.807) is 0 Å². The molecule has 0 radical (unpaired) electrons. The smallest absolute Gasteiger partial charge is 0.281 e. The molecule has 0 unspecified atom stereocenters. The van der Waals surface area contributed by atoms with Crippen LogP contribution in [0.5, 0.6) is 0 Å². The predicted octanol–water partition coefficient (Wildman–Crippen LogP) is 4.64. The molecule has 0 aromatic rings. The van der Waals surface area contributed by atoms with Crippen molar-refractivity contribution in [3.63, 3.8) is 0 Å². The molecule has 0 atom stereocenters. The number of hydrogen-bond acceptors (Lipinski definition) is 5. The third-order valence-corrected chi connectivity index (χ3v) is 3.33. The Morgan fingerprint density at radius 1 is 0.438 bits per heavy atom. The van der Waals surface area contributed by atoms with E-state index in [0.29, 0.717) is 0 Å². The normalized spacial score (nSPS) is 16.4. The zero-order chi connectivity index (χ0) is 26.6. The molecule has 0 aromatic heterocycles. The third-order valence-electron chi connectivity index (χ3n) is 2.44. The van der Waals surface area contributed by atoms with Gasteiger partial charge < -0.3 is 0 Å². The Balaban J connectivity index is 6.01. The molecule has 0 spiro atoms. The highest BCUT2D eigenvalue weighted by Gasteiger charge is 2.79. The molecule has 0 bridgehead atoms. The van der Waals surface area contributed by atoms with E-state index in [2.05, 4.69) is 0 Å². The zero-order valence-electron chi connectivity index (χ0n) is 13.3. The Bertz CT molecular complexity index is 785. The number of alkyl halides is 17. The Morgan fingerprint density at radius 3 is 0.875 bits per heavy atom. The molecule has 32 heavy (non-hydrogen) atoms. The van der Waals surface area contributed by atoms with Gasteiger partial charge in [-0.3, -0.25) is 4.55 Å². The summed E-state index contributed by atoms with van der Waals surface area (Å²) in [5.74, 6) is 0. The number of halogens is 17. The fraction of sp³-hybridized carbons (Fsp3) is 1.00. The Hall–Kier alpha value is -1.40. The Kier molecular flexibility index (Phi) is 7.49. The number of hydrogen-bond donors (Lipinski definition) is 1. The average Bonchev–Trinajstić information content (AvgIpc) is 2.40. The molecule has 0 saturated carbocycles. The van der Waals surface area contributed by atoms with Crippen LogP contribution in [0.2, 0.25) is 0 Å². The van der Waals surface area contributed by atoms with Crippen LogP contribution in [0, 0.1) is 0 Å². The lowest BCUT2D eigenvalue weighted by molar-refractivity contribution is -0.570. The van der Waals surface area contributed by atoms with Crippen LogP contribution in [0.25, 0.3) is 0 Å². The van der Waals surface area contributed by atoms with Gasteiger partial charge in [-0.05, 0) is 0 Å². The molecular weight excluding hydrogens is 547 g/mol. The zero-order valence-corrected chi connectivity index (χ0v) is 14.1. The summed E-state index contributed by atoms with van der Waals surface area (Å²) in [5.41, 5.74) is 0. The summed E-state index contributed by atoms with van der Waals surface area (Å²) in [6.07, 6.45) is -52.7. The standard InChI is InChI=1S/C8HF17O6S/c9-1(10,11)2(12,13)29-3(14,15)4(16,17)30-5(18,19)6(20,21)31-7(22,23)8(24,25)32(26,27)28/h(H,26,27,28). The molecule has 0 aliphatic rings. The highest BCUT2D eigenvalue weighted by atomic mass is 32.2. The number of rotatable bonds is 10. The molecule has 0 aromatic carbocycles. The molecule has 6 nitrogen and oxygen atoms in total. The molecule has 24 heteroatoms. The van der Waals surface area contributed by atoms with Crippen molar-refractivity contribution < 1.29 is 102 Å². The summed E-state index contributed by atoms with van der Waals surface area (Å²) in [5, 5.41) is -7.23. The lowest BCUT2D eigenvalue weighted by Gasteiger charge is -2.35. The van der Waals surface area contributed by atoms with Gasteiger partial charge in [-0.2, -0.15) is 83.1 Å². The summed E-state index contributed by atoms with van der Waals surface area (Å²) < 4.78 is 245. The second-order valence-corrected chi connectivity index (χ2v) is 6.36. The molecular formula is C8HF17O6S. The highest BCUT2D eigenvalue weighted by Crippen LogP contribution is 2.52. The Morgan fingerprint density at radius 2 is 0.656 bits per heavy atom. The van der Waals surface area contributed by atoms with Gasteiger partial charge in [0.05, 0.1) is 0 Å². The van der Waals surface area contributed by atoms with E-state index in [1.165, 1.54) is 14.2 Å². The summed E-state index contributed by atoms with van der Waals surface area (Å²) in [6, 6.07) is 0. The van der Waals surface area contributed by atoms with Gasteiger partial charge in [0.2, 0.25) is 0 Å².